The van der Waals surface area contributed by atoms with Crippen LogP contribution in [-0.2, 0) is 19.1 Å². The van der Waals surface area contributed by atoms with Crippen LogP contribution < -0.4 is 5.32 Å². The minimum atomic E-state index is -0.789. The molecule has 6 heteroatoms. The van der Waals surface area contributed by atoms with Crippen molar-refractivity contribution in [2.75, 3.05) is 14.2 Å². The average Bonchev–Trinajstić information content (AvgIpc) is 3.01. The molecule has 0 aromatic heterocycles. The van der Waals surface area contributed by atoms with Gasteiger partial charge in [0.2, 0.25) is 11.8 Å². The summed E-state index contributed by atoms with van der Waals surface area (Å²) in [5.41, 5.74) is 2.00. The zero-order valence-corrected chi connectivity index (χ0v) is 12.7. The number of imide groups is 1. The molecule has 1 aromatic carbocycles. The van der Waals surface area contributed by atoms with Gasteiger partial charge >= 0.3 is 5.97 Å². The van der Waals surface area contributed by atoms with Gasteiger partial charge in [-0.25, -0.2) is 0 Å². The number of aryl methyl sites for hydroxylation is 1. The molecular formula is C16H18N2O4. The maximum Gasteiger partial charge on any atom is 0.323 e. The third-order valence-corrected chi connectivity index (χ3v) is 4.59. The number of hydrogen-bond acceptors (Lipinski definition) is 5. The maximum atomic E-state index is 12.4. The van der Waals surface area contributed by atoms with E-state index in [9.17, 15) is 14.4 Å². The highest BCUT2D eigenvalue weighted by atomic mass is 16.5. The first-order valence-corrected chi connectivity index (χ1v) is 7.17. The monoisotopic (exact) mass is 302 g/mol. The van der Waals surface area contributed by atoms with E-state index in [4.69, 9.17) is 4.74 Å². The molecule has 0 spiro atoms. The van der Waals surface area contributed by atoms with Crippen LogP contribution in [0.2, 0.25) is 0 Å². The molecule has 1 N–H and O–H groups in total. The fraction of sp³-hybridized carbons (Fsp3) is 0.438. The first-order chi connectivity index (χ1) is 10.5. The van der Waals surface area contributed by atoms with Crippen LogP contribution in [0.15, 0.2) is 24.3 Å². The first kappa shape index (κ1) is 14.7. The Morgan fingerprint density at radius 3 is 2.32 bits per heavy atom. The Balaban J connectivity index is 2.01. The number of methoxy groups -OCH3 is 1. The molecule has 2 amide bonds. The summed E-state index contributed by atoms with van der Waals surface area (Å²) in [6.45, 7) is 1.98. The molecule has 1 aromatic rings. The highest BCUT2D eigenvalue weighted by molar-refractivity contribution is 6.08. The van der Waals surface area contributed by atoms with E-state index in [2.05, 4.69) is 5.32 Å². The van der Waals surface area contributed by atoms with E-state index in [1.165, 1.54) is 14.2 Å². The molecule has 22 heavy (non-hydrogen) atoms. The van der Waals surface area contributed by atoms with E-state index in [0.717, 1.165) is 16.0 Å². The lowest BCUT2D eigenvalue weighted by molar-refractivity contribution is -0.147. The van der Waals surface area contributed by atoms with Crippen molar-refractivity contribution in [1.82, 2.24) is 10.2 Å². The summed E-state index contributed by atoms with van der Waals surface area (Å²) in [5.74, 6) is -2.35. The number of nitrogens with zero attached hydrogens (tertiary/aromatic N) is 1. The van der Waals surface area contributed by atoms with Gasteiger partial charge in [0.25, 0.3) is 0 Å². The van der Waals surface area contributed by atoms with Gasteiger partial charge in [0.1, 0.15) is 6.04 Å². The van der Waals surface area contributed by atoms with Crippen molar-refractivity contribution in [3.8, 4) is 0 Å². The Kier molecular flexibility index (Phi) is 3.48. The SMILES string of the molecule is COC(=O)[C@@H]1N[C@@H](c2ccc(C)cc2)[C@H]2C(=O)N(C)C(=O)[C@H]21. The lowest BCUT2D eigenvalue weighted by Crippen LogP contribution is -2.42. The van der Waals surface area contributed by atoms with Gasteiger partial charge in [-0.2, -0.15) is 0 Å². The predicted molar refractivity (Wildman–Crippen MR) is 77.6 cm³/mol. The van der Waals surface area contributed by atoms with Crippen molar-refractivity contribution < 1.29 is 19.1 Å². The Hall–Kier alpha value is -2.21. The highest BCUT2D eigenvalue weighted by Gasteiger charge is 2.60. The van der Waals surface area contributed by atoms with Gasteiger partial charge < -0.3 is 4.74 Å². The number of nitrogens with one attached hydrogen (secondary N) is 1. The molecule has 0 saturated carbocycles. The number of esters is 1. The third kappa shape index (κ3) is 2.02. The van der Waals surface area contributed by atoms with Crippen molar-refractivity contribution in [1.29, 1.82) is 0 Å². The van der Waals surface area contributed by atoms with Crippen LogP contribution in [0.5, 0.6) is 0 Å². The molecule has 4 atom stereocenters. The van der Waals surface area contributed by atoms with Crippen molar-refractivity contribution >= 4 is 17.8 Å². The topological polar surface area (TPSA) is 75.7 Å². The zero-order chi connectivity index (χ0) is 16.0. The molecule has 2 fully saturated rings. The summed E-state index contributed by atoms with van der Waals surface area (Å²) in [5, 5.41) is 3.12. The van der Waals surface area contributed by atoms with E-state index in [1.54, 1.807) is 0 Å². The molecule has 2 saturated heterocycles. The van der Waals surface area contributed by atoms with Gasteiger partial charge in [0.15, 0.2) is 0 Å². The molecule has 0 radical (unpaired) electrons. The van der Waals surface area contributed by atoms with Crippen LogP contribution in [-0.4, -0.2) is 42.9 Å². The van der Waals surface area contributed by atoms with Gasteiger partial charge in [0, 0.05) is 13.1 Å². The lowest BCUT2D eigenvalue weighted by Gasteiger charge is -2.19. The average molecular weight is 302 g/mol. The summed E-state index contributed by atoms with van der Waals surface area (Å²) in [6, 6.07) is 6.57. The van der Waals surface area contributed by atoms with Gasteiger partial charge in [-0.1, -0.05) is 29.8 Å². The highest BCUT2D eigenvalue weighted by Crippen LogP contribution is 2.43. The van der Waals surface area contributed by atoms with Crippen LogP contribution >= 0.6 is 0 Å². The number of amides is 2. The minimum absolute atomic E-state index is 0.250. The largest absolute Gasteiger partial charge is 0.468 e. The fourth-order valence-corrected chi connectivity index (χ4v) is 3.38. The van der Waals surface area contributed by atoms with Crippen LogP contribution in [0.1, 0.15) is 17.2 Å². The van der Waals surface area contributed by atoms with Crippen LogP contribution in [0.3, 0.4) is 0 Å². The Morgan fingerprint density at radius 1 is 1.14 bits per heavy atom. The summed E-state index contributed by atoms with van der Waals surface area (Å²) >= 11 is 0. The van der Waals surface area contributed by atoms with E-state index >= 15 is 0 Å². The molecule has 2 heterocycles. The summed E-state index contributed by atoms with van der Waals surface area (Å²) in [6.07, 6.45) is 0. The third-order valence-electron chi connectivity index (χ3n) is 4.59. The maximum absolute atomic E-state index is 12.4. The van der Waals surface area contributed by atoms with Crippen molar-refractivity contribution in [2.45, 2.75) is 19.0 Å². The smallest absolute Gasteiger partial charge is 0.323 e. The number of benzene rings is 1. The zero-order valence-electron chi connectivity index (χ0n) is 12.7. The van der Waals surface area contributed by atoms with E-state index in [-0.39, 0.29) is 17.9 Å². The number of carbonyl (C=O) groups excluding carboxylic acids is 3. The first-order valence-electron chi connectivity index (χ1n) is 7.17. The number of fused-ring (bicyclic) bond motifs is 1. The molecule has 116 valence electrons. The quantitative estimate of drug-likeness (QED) is 0.633. The molecular weight excluding hydrogens is 284 g/mol. The Bertz CT molecular complexity index is 640. The fourth-order valence-electron chi connectivity index (χ4n) is 3.38. The molecule has 6 nitrogen and oxygen atoms in total. The van der Waals surface area contributed by atoms with Crippen LogP contribution in [0.4, 0.5) is 0 Å². The minimum Gasteiger partial charge on any atom is -0.468 e. The second-order valence-corrected chi connectivity index (χ2v) is 5.84. The van der Waals surface area contributed by atoms with Crippen LogP contribution in [0.25, 0.3) is 0 Å². The van der Waals surface area contributed by atoms with E-state index < -0.39 is 23.8 Å². The number of likely N-dealkylation sites (tertiary alicyclic amines) is 1. The van der Waals surface area contributed by atoms with E-state index in [0.29, 0.717) is 0 Å². The van der Waals surface area contributed by atoms with Crippen molar-refractivity contribution in [3.05, 3.63) is 35.4 Å². The Labute approximate surface area is 128 Å². The number of hydrogen-bond donors (Lipinski definition) is 1. The lowest BCUT2D eigenvalue weighted by atomic mass is 9.86. The summed E-state index contributed by atoms with van der Waals surface area (Å²) < 4.78 is 4.78. The molecule has 2 aliphatic rings. The molecule has 0 aliphatic carbocycles. The van der Waals surface area contributed by atoms with Gasteiger partial charge in [-0.05, 0) is 12.5 Å². The summed E-state index contributed by atoms with van der Waals surface area (Å²) in [7, 11) is 2.74. The van der Waals surface area contributed by atoms with Crippen molar-refractivity contribution in [2.24, 2.45) is 11.8 Å². The molecule has 0 unspecified atom stereocenters. The second-order valence-electron chi connectivity index (χ2n) is 5.84. The van der Waals surface area contributed by atoms with E-state index in [1.807, 2.05) is 31.2 Å². The standard InChI is InChI=1S/C16H18N2O4/c1-8-4-6-9(7-5-8)12-10-11(13(17-12)16(21)22-3)15(20)18(2)14(10)19/h4-7,10-13,17H,1-3H3/t10-,11+,12-,13+/m0/s1. The van der Waals surface area contributed by atoms with Gasteiger partial charge in [0.05, 0.1) is 18.9 Å². The molecule has 2 aliphatic heterocycles. The second kappa shape index (κ2) is 5.21. The van der Waals surface area contributed by atoms with Crippen LogP contribution in [0, 0.1) is 18.8 Å². The number of carbonyl (C=O) groups is 3. The Morgan fingerprint density at radius 2 is 1.73 bits per heavy atom. The number of rotatable bonds is 2. The van der Waals surface area contributed by atoms with Gasteiger partial charge in [-0.15, -0.1) is 0 Å². The van der Waals surface area contributed by atoms with Gasteiger partial charge in [-0.3, -0.25) is 24.6 Å². The summed E-state index contributed by atoms with van der Waals surface area (Å²) in [4.78, 5) is 37.8. The number of ether oxygens (including phenoxy) is 1. The normalized spacial score (nSPS) is 30.6. The molecule has 0 bridgehead atoms. The molecule has 3 rings (SSSR count). The predicted octanol–water partition coefficient (Wildman–Crippen LogP) is 0.412. The van der Waals surface area contributed by atoms with Crippen molar-refractivity contribution in [3.63, 3.8) is 0 Å².